The van der Waals surface area contributed by atoms with E-state index in [-0.39, 0.29) is 16.9 Å². The molecule has 5 nitrogen and oxygen atoms in total. The molecule has 0 saturated carbocycles. The monoisotopic (exact) mass is 289 g/mol. The molecule has 0 aromatic carbocycles. The molecule has 6 heteroatoms. The van der Waals surface area contributed by atoms with Gasteiger partial charge in [-0.25, -0.2) is 4.79 Å². The first kappa shape index (κ1) is 16.3. The van der Waals surface area contributed by atoms with E-state index in [2.05, 4.69) is 0 Å². The zero-order valence-electron chi connectivity index (χ0n) is 12.4. The van der Waals surface area contributed by atoms with Crippen molar-refractivity contribution >= 4 is 23.6 Å². The van der Waals surface area contributed by atoms with Crippen molar-refractivity contribution in [1.82, 2.24) is 4.90 Å². The largest absolute Gasteiger partial charge is 0.435 e. The molecule has 1 aliphatic heterocycles. The highest BCUT2D eigenvalue weighted by atomic mass is 32.2. The summed E-state index contributed by atoms with van der Waals surface area (Å²) in [4.78, 5) is 25.1. The van der Waals surface area contributed by atoms with Crippen LogP contribution in [0.5, 0.6) is 0 Å². The summed E-state index contributed by atoms with van der Waals surface area (Å²) in [6, 6.07) is -0.532. The van der Waals surface area contributed by atoms with Crippen LogP contribution in [0.25, 0.3) is 0 Å². The minimum Gasteiger partial charge on any atom is -0.435 e. The molecule has 19 heavy (non-hydrogen) atoms. The minimum atomic E-state index is -0.602. The van der Waals surface area contributed by atoms with Crippen molar-refractivity contribution in [3.63, 3.8) is 0 Å². The highest BCUT2D eigenvalue weighted by Crippen LogP contribution is 2.39. The summed E-state index contributed by atoms with van der Waals surface area (Å²) in [5.41, 5.74) is 0. The highest BCUT2D eigenvalue weighted by Gasteiger charge is 2.46. The zero-order chi connectivity index (χ0) is 14.8. The Hall–Kier alpha value is -0.750. The van der Waals surface area contributed by atoms with Crippen LogP contribution < -0.4 is 0 Å². The molecule has 2 unspecified atom stereocenters. The number of carbonyl (C=O) groups is 2. The van der Waals surface area contributed by atoms with Crippen molar-refractivity contribution in [2.45, 2.75) is 64.8 Å². The fraction of sp³-hybridized carbons (Fsp3) is 0.846. The van der Waals surface area contributed by atoms with E-state index in [9.17, 15) is 9.59 Å². The van der Waals surface area contributed by atoms with Gasteiger partial charge in [-0.15, -0.1) is 11.8 Å². The Balaban J connectivity index is 2.69. The molecule has 0 aromatic heterocycles. The minimum absolute atomic E-state index is 0.0129. The fourth-order valence-electron chi connectivity index (χ4n) is 2.23. The van der Waals surface area contributed by atoms with Crippen molar-refractivity contribution < 1.29 is 19.1 Å². The molecule has 1 fully saturated rings. The van der Waals surface area contributed by atoms with Gasteiger partial charge in [0, 0.05) is 12.7 Å². The molecule has 1 amide bonds. The summed E-state index contributed by atoms with van der Waals surface area (Å²) < 4.78 is 10.6. The lowest BCUT2D eigenvalue weighted by molar-refractivity contribution is -0.187. The number of amides is 1. The first-order chi connectivity index (χ1) is 8.65. The number of rotatable bonds is 4. The topological polar surface area (TPSA) is 55.8 Å². The van der Waals surface area contributed by atoms with Crippen LogP contribution in [0, 0.1) is 0 Å². The van der Waals surface area contributed by atoms with Crippen LogP contribution >= 0.6 is 11.8 Å². The average Bonchev–Trinajstić information content (AvgIpc) is 2.52. The maximum absolute atomic E-state index is 12.1. The van der Waals surface area contributed by atoms with E-state index in [0.717, 1.165) is 0 Å². The second-order valence-electron chi connectivity index (χ2n) is 5.35. The van der Waals surface area contributed by atoms with Gasteiger partial charge in [-0.05, 0) is 34.6 Å². The van der Waals surface area contributed by atoms with Crippen LogP contribution in [-0.4, -0.2) is 45.8 Å². The van der Waals surface area contributed by atoms with Crippen LogP contribution in [0.2, 0.25) is 0 Å². The molecular formula is C13H23NO4S. The Morgan fingerprint density at radius 1 is 1.32 bits per heavy atom. The van der Waals surface area contributed by atoms with Crippen LogP contribution in [0.1, 0.15) is 41.5 Å². The van der Waals surface area contributed by atoms with E-state index in [4.69, 9.17) is 9.47 Å². The summed E-state index contributed by atoms with van der Waals surface area (Å²) in [6.45, 7) is 10.8. The Labute approximate surface area is 119 Å². The maximum Gasteiger partial charge on any atom is 0.332 e. The van der Waals surface area contributed by atoms with Gasteiger partial charge < -0.3 is 14.4 Å². The van der Waals surface area contributed by atoms with Crippen molar-refractivity contribution in [2.75, 3.05) is 5.75 Å². The van der Waals surface area contributed by atoms with Gasteiger partial charge in [0.05, 0.1) is 11.0 Å². The number of thioether (sulfide) groups is 1. The van der Waals surface area contributed by atoms with Crippen LogP contribution in [0.15, 0.2) is 0 Å². The van der Waals surface area contributed by atoms with E-state index >= 15 is 0 Å². The van der Waals surface area contributed by atoms with Crippen molar-refractivity contribution in [2.24, 2.45) is 0 Å². The molecule has 1 heterocycles. The molecule has 2 atom stereocenters. The molecule has 1 rings (SSSR count). The first-order valence-corrected chi connectivity index (χ1v) is 7.43. The van der Waals surface area contributed by atoms with E-state index in [1.54, 1.807) is 23.6 Å². The van der Waals surface area contributed by atoms with Gasteiger partial charge in [0.1, 0.15) is 6.04 Å². The number of ether oxygens (including phenoxy) is 2. The molecular weight excluding hydrogens is 266 g/mol. The number of esters is 1. The zero-order valence-corrected chi connectivity index (χ0v) is 13.2. The number of hydrogen-bond acceptors (Lipinski definition) is 5. The molecule has 0 radical (unpaired) electrons. The molecule has 0 spiro atoms. The Kier molecular flexibility index (Phi) is 5.26. The second kappa shape index (κ2) is 6.13. The van der Waals surface area contributed by atoms with E-state index < -0.39 is 18.3 Å². The van der Waals surface area contributed by atoms with Gasteiger partial charge in [-0.1, -0.05) is 0 Å². The van der Waals surface area contributed by atoms with Gasteiger partial charge in [0.2, 0.25) is 5.91 Å². The normalized spacial score (nSPS) is 23.5. The van der Waals surface area contributed by atoms with Gasteiger partial charge in [-0.2, -0.15) is 0 Å². The molecule has 0 bridgehead atoms. The summed E-state index contributed by atoms with van der Waals surface area (Å²) in [7, 11) is 0. The second-order valence-corrected chi connectivity index (χ2v) is 6.97. The Bertz CT molecular complexity index is 357. The van der Waals surface area contributed by atoms with E-state index in [1.807, 2.05) is 27.7 Å². The standard InChI is InChI=1S/C13H23NO4S/c1-8(2)17-10(4)18-12(16)11-7-19-13(5,6)14(11)9(3)15/h8,10-11H,7H2,1-6H3. The number of nitrogens with zero attached hydrogens (tertiary/aromatic N) is 1. The summed E-state index contributed by atoms with van der Waals surface area (Å²) in [5, 5.41) is 0. The fourth-order valence-corrected chi connectivity index (χ4v) is 3.47. The van der Waals surface area contributed by atoms with Crippen molar-refractivity contribution in [3.05, 3.63) is 0 Å². The summed E-state index contributed by atoms with van der Waals surface area (Å²) in [6.07, 6.45) is -0.615. The Morgan fingerprint density at radius 3 is 2.37 bits per heavy atom. The third kappa shape index (κ3) is 4.11. The summed E-state index contributed by atoms with van der Waals surface area (Å²) in [5.74, 6) is 0.0376. The predicted octanol–water partition coefficient (Wildman–Crippen LogP) is 2.00. The third-order valence-corrected chi connectivity index (χ3v) is 4.23. The average molecular weight is 289 g/mol. The van der Waals surface area contributed by atoms with E-state index in [0.29, 0.717) is 5.75 Å². The number of carbonyl (C=O) groups excluding carboxylic acids is 2. The van der Waals surface area contributed by atoms with Gasteiger partial charge >= 0.3 is 5.97 Å². The van der Waals surface area contributed by atoms with Crippen molar-refractivity contribution in [3.8, 4) is 0 Å². The summed E-state index contributed by atoms with van der Waals surface area (Å²) >= 11 is 1.58. The van der Waals surface area contributed by atoms with Crippen LogP contribution in [-0.2, 0) is 19.1 Å². The number of hydrogen-bond donors (Lipinski definition) is 0. The maximum atomic E-state index is 12.1. The van der Waals surface area contributed by atoms with E-state index in [1.165, 1.54) is 6.92 Å². The van der Waals surface area contributed by atoms with Gasteiger partial charge in [0.25, 0.3) is 0 Å². The SMILES string of the molecule is CC(=O)N1C(C(=O)OC(C)OC(C)C)CSC1(C)C. The van der Waals surface area contributed by atoms with Crippen LogP contribution in [0.3, 0.4) is 0 Å². The highest BCUT2D eigenvalue weighted by molar-refractivity contribution is 8.00. The van der Waals surface area contributed by atoms with Gasteiger partial charge in [0.15, 0.2) is 6.29 Å². The molecule has 1 aliphatic rings. The van der Waals surface area contributed by atoms with Crippen LogP contribution in [0.4, 0.5) is 0 Å². The quantitative estimate of drug-likeness (QED) is 0.585. The Morgan fingerprint density at radius 2 is 1.89 bits per heavy atom. The smallest absolute Gasteiger partial charge is 0.332 e. The predicted molar refractivity (Wildman–Crippen MR) is 74.6 cm³/mol. The molecule has 1 saturated heterocycles. The molecule has 110 valence electrons. The molecule has 0 N–H and O–H groups in total. The van der Waals surface area contributed by atoms with Crippen molar-refractivity contribution in [1.29, 1.82) is 0 Å². The molecule has 0 aromatic rings. The van der Waals surface area contributed by atoms with Gasteiger partial charge in [-0.3, -0.25) is 4.79 Å². The lowest BCUT2D eigenvalue weighted by atomic mass is 10.2. The lowest BCUT2D eigenvalue weighted by Gasteiger charge is -2.33. The third-order valence-electron chi connectivity index (χ3n) is 2.84. The molecule has 0 aliphatic carbocycles. The lowest BCUT2D eigenvalue weighted by Crippen LogP contribution is -2.50. The first-order valence-electron chi connectivity index (χ1n) is 6.45.